The van der Waals surface area contributed by atoms with E-state index in [1.54, 1.807) is 5.57 Å². The van der Waals surface area contributed by atoms with Crippen molar-refractivity contribution in [3.05, 3.63) is 23.8 Å². The number of aliphatic hydroxyl groups excluding tert-OH is 1. The van der Waals surface area contributed by atoms with E-state index in [2.05, 4.69) is 59.8 Å². The minimum absolute atomic E-state index is 0.0887. The van der Waals surface area contributed by atoms with Crippen LogP contribution in [0, 0.1) is 52.3 Å². The Morgan fingerprint density at radius 2 is 1.81 bits per heavy atom. The van der Waals surface area contributed by atoms with Crippen molar-refractivity contribution in [1.82, 2.24) is 0 Å². The molecule has 0 spiro atoms. The maximum atomic E-state index is 10.3. The molecule has 176 valence electrons. The van der Waals surface area contributed by atoms with Crippen molar-refractivity contribution in [3.63, 3.8) is 0 Å². The molecule has 0 radical (unpaired) electrons. The van der Waals surface area contributed by atoms with Crippen LogP contribution in [0.4, 0.5) is 0 Å². The molecule has 31 heavy (non-hydrogen) atoms. The Morgan fingerprint density at radius 3 is 2.52 bits per heavy atom. The van der Waals surface area contributed by atoms with Crippen molar-refractivity contribution in [2.75, 3.05) is 0 Å². The van der Waals surface area contributed by atoms with Gasteiger partial charge in [0, 0.05) is 0 Å². The lowest BCUT2D eigenvalue weighted by molar-refractivity contribution is -0.104. The van der Waals surface area contributed by atoms with Gasteiger partial charge in [0.05, 0.1) is 6.10 Å². The Labute approximate surface area is 193 Å². The molecule has 0 aliphatic heterocycles. The van der Waals surface area contributed by atoms with Crippen LogP contribution >= 0.6 is 0 Å². The molecule has 1 nitrogen and oxygen atoms in total. The van der Waals surface area contributed by atoms with Crippen LogP contribution in [-0.4, -0.2) is 11.2 Å². The molecule has 0 bridgehead atoms. The first kappa shape index (κ1) is 23.6. The summed E-state index contributed by atoms with van der Waals surface area (Å²) in [6.45, 7) is 14.9. The number of hydrogen-bond acceptors (Lipinski definition) is 1. The van der Waals surface area contributed by atoms with Gasteiger partial charge in [0.25, 0.3) is 0 Å². The molecule has 4 rings (SSSR count). The number of fused-ring (bicyclic) bond motifs is 5. The minimum Gasteiger partial charge on any atom is -0.393 e. The Morgan fingerprint density at radius 1 is 1.03 bits per heavy atom. The number of hydrogen-bond donors (Lipinski definition) is 1. The van der Waals surface area contributed by atoms with Gasteiger partial charge < -0.3 is 5.11 Å². The highest BCUT2D eigenvalue weighted by Gasteiger charge is 2.57. The molecular formula is C30H50O. The average Bonchev–Trinajstić information content (AvgIpc) is 2.73. The molecular weight excluding hydrogens is 376 g/mol. The first-order valence-corrected chi connectivity index (χ1v) is 13.8. The van der Waals surface area contributed by atoms with E-state index in [0.717, 1.165) is 48.3 Å². The second-order valence-corrected chi connectivity index (χ2v) is 12.8. The summed E-state index contributed by atoms with van der Waals surface area (Å²) in [6.07, 6.45) is 20.5. The van der Waals surface area contributed by atoms with E-state index >= 15 is 0 Å². The van der Waals surface area contributed by atoms with Crippen LogP contribution < -0.4 is 0 Å². The van der Waals surface area contributed by atoms with Crippen LogP contribution in [0.2, 0.25) is 0 Å². The molecule has 0 amide bonds. The SMILES string of the molecule is CCC(C=CC(C)C1CCCC2C3CC=C4CC(O)CCC4(C)C3CCC12C)C(C)C. The average molecular weight is 427 g/mol. The molecule has 0 saturated heterocycles. The molecule has 1 N–H and O–H groups in total. The molecule has 4 aliphatic rings. The minimum atomic E-state index is -0.0887. The Hall–Kier alpha value is -0.560. The molecule has 4 aliphatic carbocycles. The zero-order valence-electron chi connectivity index (χ0n) is 21.4. The van der Waals surface area contributed by atoms with E-state index in [4.69, 9.17) is 0 Å². The highest BCUT2D eigenvalue weighted by atomic mass is 16.3. The van der Waals surface area contributed by atoms with E-state index < -0.39 is 0 Å². The van der Waals surface area contributed by atoms with Gasteiger partial charge in [-0.2, -0.15) is 0 Å². The third-order valence-electron chi connectivity index (χ3n) is 11.0. The molecule has 1 heteroatoms. The van der Waals surface area contributed by atoms with E-state index in [-0.39, 0.29) is 6.10 Å². The zero-order valence-corrected chi connectivity index (χ0v) is 21.4. The normalized spacial score (nSPS) is 44.9. The fourth-order valence-corrected chi connectivity index (χ4v) is 9.03. The van der Waals surface area contributed by atoms with Gasteiger partial charge in [-0.05, 0) is 110 Å². The summed E-state index contributed by atoms with van der Waals surface area (Å²) in [7, 11) is 0. The van der Waals surface area contributed by atoms with E-state index in [9.17, 15) is 5.11 Å². The number of aliphatic hydroxyl groups is 1. The van der Waals surface area contributed by atoms with E-state index in [1.165, 1.54) is 51.4 Å². The van der Waals surface area contributed by atoms with Crippen molar-refractivity contribution in [2.45, 2.75) is 112 Å². The van der Waals surface area contributed by atoms with Crippen molar-refractivity contribution in [2.24, 2.45) is 52.3 Å². The van der Waals surface area contributed by atoms with Crippen molar-refractivity contribution < 1.29 is 5.11 Å². The molecule has 9 atom stereocenters. The monoisotopic (exact) mass is 426 g/mol. The predicted molar refractivity (Wildman–Crippen MR) is 133 cm³/mol. The van der Waals surface area contributed by atoms with Crippen LogP contribution in [0.25, 0.3) is 0 Å². The van der Waals surface area contributed by atoms with Crippen molar-refractivity contribution in [3.8, 4) is 0 Å². The van der Waals surface area contributed by atoms with E-state index in [1.807, 2.05) is 0 Å². The third-order valence-corrected chi connectivity index (χ3v) is 11.0. The van der Waals surface area contributed by atoms with Gasteiger partial charge in [0.1, 0.15) is 0 Å². The van der Waals surface area contributed by atoms with Gasteiger partial charge >= 0.3 is 0 Å². The Kier molecular flexibility index (Phi) is 6.85. The van der Waals surface area contributed by atoms with Gasteiger partial charge in [-0.15, -0.1) is 0 Å². The maximum absolute atomic E-state index is 10.3. The van der Waals surface area contributed by atoms with E-state index in [0.29, 0.717) is 16.7 Å². The fourth-order valence-electron chi connectivity index (χ4n) is 9.03. The zero-order chi connectivity index (χ0) is 22.4. The maximum Gasteiger partial charge on any atom is 0.0577 e. The van der Waals surface area contributed by atoms with Gasteiger partial charge in [-0.3, -0.25) is 0 Å². The van der Waals surface area contributed by atoms with Crippen molar-refractivity contribution in [1.29, 1.82) is 0 Å². The summed E-state index contributed by atoms with van der Waals surface area (Å²) in [5.41, 5.74) is 2.49. The van der Waals surface area contributed by atoms with Crippen molar-refractivity contribution >= 4 is 0 Å². The van der Waals surface area contributed by atoms with Gasteiger partial charge in [-0.25, -0.2) is 0 Å². The van der Waals surface area contributed by atoms with Crippen LogP contribution in [0.1, 0.15) is 106 Å². The van der Waals surface area contributed by atoms with Gasteiger partial charge in [0.15, 0.2) is 0 Å². The number of allylic oxidation sites excluding steroid dienone is 3. The highest BCUT2D eigenvalue weighted by Crippen LogP contribution is 2.65. The lowest BCUT2D eigenvalue weighted by Gasteiger charge is -2.62. The summed E-state index contributed by atoms with van der Waals surface area (Å²) in [5.74, 6) is 5.65. The smallest absolute Gasteiger partial charge is 0.0577 e. The summed E-state index contributed by atoms with van der Waals surface area (Å²) < 4.78 is 0. The first-order valence-electron chi connectivity index (χ1n) is 13.8. The van der Waals surface area contributed by atoms with Crippen LogP contribution in [0.5, 0.6) is 0 Å². The Balaban J connectivity index is 1.55. The molecule has 3 fully saturated rings. The summed E-state index contributed by atoms with van der Waals surface area (Å²) in [4.78, 5) is 0. The quantitative estimate of drug-likeness (QED) is 0.439. The Bertz CT molecular complexity index is 689. The largest absolute Gasteiger partial charge is 0.393 e. The first-order chi connectivity index (χ1) is 14.7. The lowest BCUT2D eigenvalue weighted by atomic mass is 9.43. The van der Waals surface area contributed by atoms with Gasteiger partial charge in [0.2, 0.25) is 0 Å². The summed E-state index contributed by atoms with van der Waals surface area (Å²) >= 11 is 0. The lowest BCUT2D eigenvalue weighted by Crippen LogP contribution is -2.54. The van der Waals surface area contributed by atoms with Crippen LogP contribution in [0.3, 0.4) is 0 Å². The third kappa shape index (κ3) is 4.11. The summed E-state index contributed by atoms with van der Waals surface area (Å²) in [6, 6.07) is 0. The topological polar surface area (TPSA) is 20.2 Å². The predicted octanol–water partition coefficient (Wildman–Crippen LogP) is 8.19. The molecule has 0 heterocycles. The molecule has 0 aromatic carbocycles. The second-order valence-electron chi connectivity index (χ2n) is 12.8. The van der Waals surface area contributed by atoms with Crippen LogP contribution in [-0.2, 0) is 0 Å². The standard InChI is InChI=1S/C30H50O/c1-7-22(20(2)3)12-11-21(4)26-9-8-10-27-25-14-13-23-19-24(31)15-17-29(23,5)28(25)16-18-30(26,27)6/h11-13,20-22,24-28,31H,7-10,14-19H2,1-6H3. The molecule has 0 aromatic rings. The number of rotatable bonds is 5. The molecule has 9 unspecified atom stereocenters. The molecule has 3 saturated carbocycles. The molecule has 0 aromatic heterocycles. The van der Waals surface area contributed by atoms with Gasteiger partial charge in [-0.1, -0.05) is 71.8 Å². The van der Waals surface area contributed by atoms with Crippen LogP contribution in [0.15, 0.2) is 23.8 Å². The highest BCUT2D eigenvalue weighted by molar-refractivity contribution is 5.25. The fraction of sp³-hybridized carbons (Fsp3) is 0.867. The second kappa shape index (κ2) is 9.00. The summed E-state index contributed by atoms with van der Waals surface area (Å²) in [5, 5.41) is 10.3.